The van der Waals surface area contributed by atoms with Crippen LogP contribution < -0.4 is 10.2 Å². The van der Waals surface area contributed by atoms with E-state index in [2.05, 4.69) is 65.5 Å². The van der Waals surface area contributed by atoms with Gasteiger partial charge in [-0.05, 0) is 38.8 Å². The number of hydrogen-bond acceptors (Lipinski definition) is 3. The van der Waals surface area contributed by atoms with Gasteiger partial charge in [-0.2, -0.15) is 5.10 Å². The smallest absolute Gasteiger partial charge is 0.0638 e. The number of fused-ring (bicyclic) bond motifs is 1. The van der Waals surface area contributed by atoms with E-state index in [0.29, 0.717) is 6.04 Å². The van der Waals surface area contributed by atoms with Crippen LogP contribution in [0, 0.1) is 13.8 Å². The number of aromatic amines is 1. The Kier molecular flexibility index (Phi) is 3.97. The van der Waals surface area contributed by atoms with E-state index in [9.17, 15) is 0 Å². The Balaban J connectivity index is 1.57. The Hall–Kier alpha value is -1.81. The zero-order valence-corrected chi connectivity index (χ0v) is 13.1. The van der Waals surface area contributed by atoms with Crippen molar-refractivity contribution in [3.63, 3.8) is 0 Å². The molecule has 1 aromatic heterocycles. The first-order valence-electron chi connectivity index (χ1n) is 7.72. The molecule has 1 aliphatic heterocycles. The second-order valence-electron chi connectivity index (χ2n) is 5.96. The zero-order valence-electron chi connectivity index (χ0n) is 13.1. The van der Waals surface area contributed by atoms with Gasteiger partial charge in [0, 0.05) is 42.6 Å². The quantitative estimate of drug-likeness (QED) is 0.887. The number of H-pyrrole nitrogens is 1. The third-order valence-corrected chi connectivity index (χ3v) is 4.48. The van der Waals surface area contributed by atoms with Crippen molar-refractivity contribution >= 4 is 5.69 Å². The molecule has 4 heteroatoms. The van der Waals surface area contributed by atoms with Crippen molar-refractivity contribution < 1.29 is 0 Å². The van der Waals surface area contributed by atoms with Gasteiger partial charge in [0.1, 0.15) is 0 Å². The lowest BCUT2D eigenvalue weighted by Gasteiger charge is -2.27. The van der Waals surface area contributed by atoms with E-state index in [0.717, 1.165) is 25.3 Å². The summed E-state index contributed by atoms with van der Waals surface area (Å²) in [5.74, 6) is 0. The number of hydrogen-bond donors (Lipinski definition) is 2. The lowest BCUT2D eigenvalue weighted by Crippen LogP contribution is -2.39. The van der Waals surface area contributed by atoms with Gasteiger partial charge in [-0.3, -0.25) is 5.10 Å². The lowest BCUT2D eigenvalue weighted by molar-refractivity contribution is 0.569. The number of nitrogens with one attached hydrogen (secondary N) is 2. The molecule has 0 spiro atoms. The number of aromatic nitrogens is 2. The third-order valence-electron chi connectivity index (χ3n) is 4.48. The molecule has 21 heavy (non-hydrogen) atoms. The Morgan fingerprint density at radius 3 is 2.90 bits per heavy atom. The summed E-state index contributed by atoms with van der Waals surface area (Å²) in [6.07, 6.45) is 1.17. The maximum Gasteiger partial charge on any atom is 0.0638 e. The second kappa shape index (κ2) is 5.90. The van der Waals surface area contributed by atoms with Crippen molar-refractivity contribution in [2.45, 2.75) is 39.8 Å². The number of nitrogens with zero attached hydrogens (tertiary/aromatic N) is 2. The van der Waals surface area contributed by atoms with Gasteiger partial charge in [0.15, 0.2) is 0 Å². The number of anilines is 1. The van der Waals surface area contributed by atoms with Crippen molar-refractivity contribution in [2.24, 2.45) is 0 Å². The SMILES string of the molecule is Cc1n[nH]c(C)c1CNCC(C)N1CCc2ccccc21. The minimum atomic E-state index is 0.501. The average Bonchev–Trinajstić information content (AvgIpc) is 3.05. The standard InChI is InChI=1S/C17H24N4/c1-12(10-18-11-16-13(2)19-20-14(16)3)21-9-8-15-6-4-5-7-17(15)21/h4-7,12,18H,8-11H2,1-3H3,(H,19,20). The first-order valence-corrected chi connectivity index (χ1v) is 7.72. The molecule has 2 aromatic rings. The van der Waals surface area contributed by atoms with Crippen LogP contribution in [0.2, 0.25) is 0 Å². The van der Waals surface area contributed by atoms with Crippen LogP contribution in [0.25, 0.3) is 0 Å². The molecule has 3 rings (SSSR count). The first kappa shape index (κ1) is 14.1. The maximum atomic E-state index is 4.25. The summed E-state index contributed by atoms with van der Waals surface area (Å²) < 4.78 is 0. The molecule has 0 amide bonds. The fraction of sp³-hybridized carbons (Fsp3) is 0.471. The summed E-state index contributed by atoms with van der Waals surface area (Å²) in [5.41, 5.74) is 6.44. The molecule has 4 nitrogen and oxygen atoms in total. The van der Waals surface area contributed by atoms with E-state index in [1.54, 1.807) is 0 Å². The number of para-hydroxylation sites is 1. The Morgan fingerprint density at radius 1 is 1.33 bits per heavy atom. The van der Waals surface area contributed by atoms with Crippen molar-refractivity contribution in [3.8, 4) is 0 Å². The van der Waals surface area contributed by atoms with Gasteiger partial charge >= 0.3 is 0 Å². The topological polar surface area (TPSA) is 44.0 Å². The molecule has 0 bridgehead atoms. The van der Waals surface area contributed by atoms with Gasteiger partial charge in [-0.1, -0.05) is 18.2 Å². The van der Waals surface area contributed by atoms with E-state index in [1.807, 2.05) is 0 Å². The highest BCUT2D eigenvalue weighted by atomic mass is 15.2. The average molecular weight is 284 g/mol. The van der Waals surface area contributed by atoms with E-state index in [4.69, 9.17) is 0 Å². The molecule has 1 unspecified atom stereocenters. The summed E-state index contributed by atoms with van der Waals surface area (Å²) >= 11 is 0. The number of benzene rings is 1. The minimum Gasteiger partial charge on any atom is -0.367 e. The van der Waals surface area contributed by atoms with Crippen LogP contribution in [-0.4, -0.2) is 29.3 Å². The normalized spacial score (nSPS) is 15.3. The van der Waals surface area contributed by atoms with E-state index >= 15 is 0 Å². The van der Waals surface area contributed by atoms with Crippen molar-refractivity contribution in [3.05, 3.63) is 46.8 Å². The molecule has 112 valence electrons. The Morgan fingerprint density at radius 2 is 2.14 bits per heavy atom. The predicted molar refractivity (Wildman–Crippen MR) is 86.7 cm³/mol. The van der Waals surface area contributed by atoms with Crippen LogP contribution in [0.3, 0.4) is 0 Å². The van der Waals surface area contributed by atoms with Gasteiger partial charge in [0.25, 0.3) is 0 Å². The van der Waals surface area contributed by atoms with Crippen LogP contribution in [0.5, 0.6) is 0 Å². The van der Waals surface area contributed by atoms with Gasteiger partial charge in [-0.15, -0.1) is 0 Å². The highest BCUT2D eigenvalue weighted by molar-refractivity contribution is 5.58. The lowest BCUT2D eigenvalue weighted by atomic mass is 10.1. The molecule has 2 N–H and O–H groups in total. The van der Waals surface area contributed by atoms with Crippen LogP contribution in [0.1, 0.15) is 29.4 Å². The monoisotopic (exact) mass is 284 g/mol. The van der Waals surface area contributed by atoms with Gasteiger partial charge < -0.3 is 10.2 Å². The molecule has 1 atom stereocenters. The molecule has 0 radical (unpaired) electrons. The summed E-state index contributed by atoms with van der Waals surface area (Å²) in [5, 5.41) is 10.9. The minimum absolute atomic E-state index is 0.501. The second-order valence-corrected chi connectivity index (χ2v) is 5.96. The third kappa shape index (κ3) is 2.81. The fourth-order valence-electron chi connectivity index (χ4n) is 3.17. The van der Waals surface area contributed by atoms with Crippen LogP contribution >= 0.6 is 0 Å². The van der Waals surface area contributed by atoms with Crippen molar-refractivity contribution in [1.29, 1.82) is 0 Å². The van der Waals surface area contributed by atoms with E-state index in [-0.39, 0.29) is 0 Å². The highest BCUT2D eigenvalue weighted by Crippen LogP contribution is 2.28. The Bertz CT molecular complexity index is 598. The molecule has 1 aliphatic rings. The molecule has 0 saturated carbocycles. The van der Waals surface area contributed by atoms with E-state index in [1.165, 1.54) is 28.9 Å². The molecule has 0 fully saturated rings. The predicted octanol–water partition coefficient (Wildman–Crippen LogP) is 2.57. The van der Waals surface area contributed by atoms with Crippen molar-refractivity contribution in [2.75, 3.05) is 18.0 Å². The molecular weight excluding hydrogens is 260 g/mol. The highest BCUT2D eigenvalue weighted by Gasteiger charge is 2.22. The maximum absolute atomic E-state index is 4.25. The zero-order chi connectivity index (χ0) is 14.8. The van der Waals surface area contributed by atoms with Gasteiger partial charge in [-0.25, -0.2) is 0 Å². The first-order chi connectivity index (χ1) is 10.2. The van der Waals surface area contributed by atoms with Crippen LogP contribution in [0.4, 0.5) is 5.69 Å². The summed E-state index contributed by atoms with van der Waals surface area (Å²) in [6, 6.07) is 9.25. The molecular formula is C17H24N4. The van der Waals surface area contributed by atoms with E-state index < -0.39 is 0 Å². The number of aryl methyl sites for hydroxylation is 2. The number of rotatable bonds is 5. The molecule has 0 saturated heterocycles. The summed E-state index contributed by atoms with van der Waals surface area (Å²) in [6.45, 7) is 9.43. The van der Waals surface area contributed by atoms with Gasteiger partial charge in [0.05, 0.1) is 5.69 Å². The fourth-order valence-corrected chi connectivity index (χ4v) is 3.17. The van der Waals surface area contributed by atoms with Crippen LogP contribution in [-0.2, 0) is 13.0 Å². The molecule has 2 heterocycles. The van der Waals surface area contributed by atoms with Gasteiger partial charge in [0.2, 0.25) is 0 Å². The molecule has 1 aromatic carbocycles. The summed E-state index contributed by atoms with van der Waals surface area (Å²) in [7, 11) is 0. The Labute approximate surface area is 126 Å². The van der Waals surface area contributed by atoms with Crippen molar-refractivity contribution in [1.82, 2.24) is 15.5 Å². The van der Waals surface area contributed by atoms with Crippen LogP contribution in [0.15, 0.2) is 24.3 Å². The largest absolute Gasteiger partial charge is 0.367 e. The molecule has 0 aliphatic carbocycles. The summed E-state index contributed by atoms with van der Waals surface area (Å²) in [4.78, 5) is 2.51.